The first-order chi connectivity index (χ1) is 7.18. The molecule has 0 aliphatic carbocycles. The zero-order chi connectivity index (χ0) is 12.4. The Hall–Kier alpha value is -1.21. The molecule has 0 unspecified atom stereocenters. The number of sulfone groups is 1. The monoisotopic (exact) mass is 264 g/mol. The van der Waals surface area contributed by atoms with Crippen molar-refractivity contribution in [3.8, 4) is 0 Å². The lowest BCUT2D eigenvalue weighted by Crippen LogP contribution is -1.96. The number of hydrogen-bond donors (Lipinski definition) is 0. The second-order valence-corrected chi connectivity index (χ2v) is 6.36. The summed E-state index contributed by atoms with van der Waals surface area (Å²) >= 11 is 0. The zero-order valence-electron chi connectivity index (χ0n) is 8.29. The van der Waals surface area contributed by atoms with E-state index in [4.69, 9.17) is 0 Å². The van der Waals surface area contributed by atoms with Gasteiger partial charge in [0.25, 0.3) is 0 Å². The molecular weight excluding hydrogens is 255 g/mol. The van der Waals surface area contributed by atoms with Crippen molar-refractivity contribution in [3.05, 3.63) is 35.2 Å². The summed E-state index contributed by atoms with van der Waals surface area (Å²) in [4.78, 5) is 0.0471. The van der Waals surface area contributed by atoms with Crippen LogP contribution in [0.2, 0.25) is 0 Å². The van der Waals surface area contributed by atoms with E-state index in [2.05, 4.69) is 0 Å². The number of rotatable bonds is 3. The maximum Gasteiger partial charge on any atom is 0.325 e. The molecule has 0 aliphatic rings. The van der Waals surface area contributed by atoms with Crippen molar-refractivity contribution < 1.29 is 20.7 Å². The van der Waals surface area contributed by atoms with Gasteiger partial charge in [-0.1, -0.05) is 12.1 Å². The highest BCUT2D eigenvalue weighted by Gasteiger charge is 2.06. The van der Waals surface area contributed by atoms with Gasteiger partial charge in [0.05, 0.1) is 10.3 Å². The van der Waals surface area contributed by atoms with Crippen LogP contribution in [0, 0.1) is 0 Å². The fourth-order valence-electron chi connectivity index (χ4n) is 1.01. The normalized spacial score (nSPS) is 13.1. The van der Waals surface area contributed by atoms with Crippen molar-refractivity contribution in [1.82, 2.24) is 0 Å². The lowest BCUT2D eigenvalue weighted by atomic mass is 10.2. The molecule has 0 amide bonds. The van der Waals surface area contributed by atoms with Crippen LogP contribution in [0.5, 0.6) is 0 Å². The third-order valence-corrected chi connectivity index (χ3v) is 3.28. The van der Waals surface area contributed by atoms with Gasteiger partial charge in [0, 0.05) is 6.26 Å². The van der Waals surface area contributed by atoms with Gasteiger partial charge in [-0.05, 0) is 23.8 Å². The molecule has 1 rings (SSSR count). The van der Waals surface area contributed by atoms with Crippen LogP contribution in [-0.4, -0.2) is 23.1 Å². The van der Waals surface area contributed by atoms with Crippen molar-refractivity contribution in [1.29, 1.82) is 0 Å². The Morgan fingerprint density at radius 1 is 1.19 bits per heavy atom. The van der Waals surface area contributed by atoms with E-state index < -0.39 is 20.1 Å². The molecule has 0 N–H and O–H groups in total. The lowest BCUT2D eigenvalue weighted by molar-refractivity contribution is 0.563. The van der Waals surface area contributed by atoms with Crippen molar-refractivity contribution in [3.63, 3.8) is 0 Å². The molecule has 0 fully saturated rings. The molecule has 0 atom stereocenters. The molecule has 0 aromatic heterocycles. The van der Waals surface area contributed by atoms with Gasteiger partial charge in [-0.2, -0.15) is 8.42 Å². The second-order valence-electron chi connectivity index (χ2n) is 3.12. The molecule has 0 saturated carbocycles. The van der Waals surface area contributed by atoms with E-state index in [0.717, 1.165) is 12.3 Å². The molecule has 7 heteroatoms. The molecule has 0 bridgehead atoms. The van der Waals surface area contributed by atoms with Crippen molar-refractivity contribution in [2.75, 3.05) is 6.26 Å². The van der Waals surface area contributed by atoms with Crippen LogP contribution in [0.15, 0.2) is 34.6 Å². The van der Waals surface area contributed by atoms with E-state index in [1.165, 1.54) is 24.3 Å². The molecule has 0 spiro atoms. The maximum atomic E-state index is 12.2. The molecule has 0 saturated heterocycles. The highest BCUT2D eigenvalue weighted by molar-refractivity contribution is 7.90. The van der Waals surface area contributed by atoms with Crippen LogP contribution in [0.4, 0.5) is 3.89 Å². The third kappa shape index (κ3) is 4.11. The van der Waals surface area contributed by atoms with Crippen molar-refractivity contribution in [2.24, 2.45) is 0 Å². The van der Waals surface area contributed by atoms with Gasteiger partial charge in [-0.3, -0.25) is 0 Å². The van der Waals surface area contributed by atoms with E-state index in [1.54, 1.807) is 0 Å². The summed E-state index contributed by atoms with van der Waals surface area (Å²) in [5.74, 6) is 0. The van der Waals surface area contributed by atoms with Crippen LogP contribution in [0.1, 0.15) is 5.56 Å². The Labute approximate surface area is 93.5 Å². The first kappa shape index (κ1) is 12.9. The summed E-state index contributed by atoms with van der Waals surface area (Å²) in [6.45, 7) is 0. The first-order valence-corrected chi connectivity index (χ1v) is 7.45. The summed E-state index contributed by atoms with van der Waals surface area (Å²) < 4.78 is 54.9. The Bertz CT molecular complexity index is 615. The number of hydrogen-bond acceptors (Lipinski definition) is 4. The molecule has 1 aromatic carbocycles. The highest BCUT2D eigenvalue weighted by atomic mass is 32.3. The Morgan fingerprint density at radius 3 is 2.31 bits per heavy atom. The Kier molecular flexibility index (Phi) is 3.49. The topological polar surface area (TPSA) is 68.3 Å². The van der Waals surface area contributed by atoms with Gasteiger partial charge in [0.2, 0.25) is 0 Å². The minimum absolute atomic E-state index is 0.0471. The first-order valence-electron chi connectivity index (χ1n) is 4.11. The predicted molar refractivity (Wildman–Crippen MR) is 58.6 cm³/mol. The zero-order valence-corrected chi connectivity index (χ0v) is 9.92. The molecule has 4 nitrogen and oxygen atoms in total. The summed E-state index contributed by atoms with van der Waals surface area (Å²) in [7, 11) is -8.06. The standard InChI is InChI=1S/C9H9FO4S2/c1-15(11,12)9-4-2-3-8(7-9)5-6-16(10,13)14/h2-7H,1H3/b6-5+. The minimum Gasteiger partial charge on any atom is -0.224 e. The highest BCUT2D eigenvalue weighted by Crippen LogP contribution is 2.13. The molecule has 0 aliphatic heterocycles. The van der Waals surface area contributed by atoms with Crippen LogP contribution in [0.3, 0.4) is 0 Å². The smallest absolute Gasteiger partial charge is 0.224 e. The summed E-state index contributed by atoms with van der Waals surface area (Å²) in [6.07, 6.45) is 2.02. The third-order valence-electron chi connectivity index (χ3n) is 1.71. The minimum atomic E-state index is -4.70. The fourth-order valence-corrected chi connectivity index (χ4v) is 2.00. The molecule has 0 heterocycles. The fraction of sp³-hybridized carbons (Fsp3) is 0.111. The van der Waals surface area contributed by atoms with Crippen molar-refractivity contribution >= 4 is 26.1 Å². The molecule has 1 aromatic rings. The second kappa shape index (κ2) is 4.34. The van der Waals surface area contributed by atoms with Gasteiger partial charge < -0.3 is 0 Å². The molecule has 88 valence electrons. The largest absolute Gasteiger partial charge is 0.325 e. The van der Waals surface area contributed by atoms with Crippen LogP contribution >= 0.6 is 0 Å². The van der Waals surface area contributed by atoms with E-state index in [1.807, 2.05) is 0 Å². The molecule has 16 heavy (non-hydrogen) atoms. The lowest BCUT2D eigenvalue weighted by Gasteiger charge is -1.98. The van der Waals surface area contributed by atoms with Crippen LogP contribution < -0.4 is 0 Å². The van der Waals surface area contributed by atoms with Crippen molar-refractivity contribution in [2.45, 2.75) is 4.90 Å². The number of halogens is 1. The number of benzene rings is 1. The molecular formula is C9H9FO4S2. The average Bonchev–Trinajstić information content (AvgIpc) is 2.13. The van der Waals surface area contributed by atoms with Gasteiger partial charge in [0.1, 0.15) is 0 Å². The predicted octanol–water partition coefficient (Wildman–Crippen LogP) is 1.36. The maximum absolute atomic E-state index is 12.2. The van der Waals surface area contributed by atoms with E-state index in [-0.39, 0.29) is 4.90 Å². The Morgan fingerprint density at radius 2 is 1.81 bits per heavy atom. The quantitative estimate of drug-likeness (QED) is 0.773. The SMILES string of the molecule is CS(=O)(=O)c1cccc(/C=C/S(=O)(=O)F)c1. The van der Waals surface area contributed by atoms with E-state index in [0.29, 0.717) is 11.0 Å². The van der Waals surface area contributed by atoms with E-state index >= 15 is 0 Å². The van der Waals surface area contributed by atoms with Crippen LogP contribution in [0.25, 0.3) is 6.08 Å². The van der Waals surface area contributed by atoms with E-state index in [9.17, 15) is 20.7 Å². The van der Waals surface area contributed by atoms with Gasteiger partial charge in [0.15, 0.2) is 9.84 Å². The van der Waals surface area contributed by atoms with Gasteiger partial charge in [-0.15, -0.1) is 3.89 Å². The summed E-state index contributed by atoms with van der Waals surface area (Å²) in [5, 5.41) is 0.369. The summed E-state index contributed by atoms with van der Waals surface area (Å²) in [6, 6.07) is 5.55. The Balaban J connectivity index is 3.15. The molecule has 0 radical (unpaired) electrons. The van der Waals surface area contributed by atoms with Gasteiger partial charge >= 0.3 is 10.2 Å². The van der Waals surface area contributed by atoms with Gasteiger partial charge in [-0.25, -0.2) is 8.42 Å². The average molecular weight is 264 g/mol. The summed E-state index contributed by atoms with van der Waals surface area (Å²) in [5.41, 5.74) is 0.296. The van der Waals surface area contributed by atoms with Crippen LogP contribution in [-0.2, 0) is 20.1 Å².